The summed E-state index contributed by atoms with van der Waals surface area (Å²) in [6.45, 7) is 6.74. The van der Waals surface area contributed by atoms with Crippen LogP contribution in [0, 0.1) is 0 Å². The monoisotopic (exact) mass is 474 g/mol. The molecule has 146 valence electrons. The number of halogens is 1. The van der Waals surface area contributed by atoms with Crippen LogP contribution in [0.4, 0.5) is 5.69 Å². The van der Waals surface area contributed by atoms with Crippen molar-refractivity contribution < 1.29 is 10.2 Å². The maximum Gasteiger partial charge on any atom is 0.194 e. The summed E-state index contributed by atoms with van der Waals surface area (Å²) in [4.78, 5) is 9.18. The Hall–Kier alpha value is -1.22. The highest BCUT2D eigenvalue weighted by Crippen LogP contribution is 2.30. The first-order chi connectivity index (χ1) is 12.1. The van der Waals surface area contributed by atoms with Crippen LogP contribution in [-0.4, -0.2) is 65.9 Å². The number of aliphatic hydroxyl groups is 1. The van der Waals surface area contributed by atoms with Crippen molar-refractivity contribution in [2.24, 2.45) is 4.99 Å². The maximum atomic E-state index is 10.5. The van der Waals surface area contributed by atoms with E-state index in [4.69, 9.17) is 4.99 Å². The van der Waals surface area contributed by atoms with Gasteiger partial charge in [-0.25, -0.2) is 0 Å². The third-order valence-corrected chi connectivity index (χ3v) is 5.19. The number of nitrogens with one attached hydrogen (secondary N) is 1. The van der Waals surface area contributed by atoms with Crippen LogP contribution in [0.5, 0.6) is 5.75 Å². The number of phenolic OH excluding ortho intramolecular Hbond substituents is 1. The zero-order valence-electron chi connectivity index (χ0n) is 15.5. The van der Waals surface area contributed by atoms with Crippen molar-refractivity contribution in [3.8, 4) is 5.75 Å². The standard InChI is InChI=1S/C19H30N4O2.HI/c1-2-20-18(21-15-19(25)9-5-6-10-19)23-13-11-22(12-14-23)16-7-3-4-8-17(16)24;/h3-4,7-8,24-25H,2,5-6,9-15H2,1H3,(H,20,21);1H. The number of piperazine rings is 1. The molecule has 3 N–H and O–H groups in total. The molecule has 1 saturated carbocycles. The second-order valence-corrected chi connectivity index (χ2v) is 7.06. The molecule has 6 nitrogen and oxygen atoms in total. The average molecular weight is 474 g/mol. The van der Waals surface area contributed by atoms with Gasteiger partial charge in [-0.2, -0.15) is 0 Å². The molecule has 1 heterocycles. The molecule has 1 aliphatic heterocycles. The number of guanidine groups is 1. The molecule has 0 bridgehead atoms. The van der Waals surface area contributed by atoms with E-state index in [2.05, 4.69) is 22.0 Å². The van der Waals surface area contributed by atoms with Gasteiger partial charge in [-0.05, 0) is 31.9 Å². The van der Waals surface area contributed by atoms with Gasteiger partial charge in [0.2, 0.25) is 0 Å². The number of benzene rings is 1. The minimum Gasteiger partial charge on any atom is -0.506 e. The van der Waals surface area contributed by atoms with Gasteiger partial charge in [-0.1, -0.05) is 25.0 Å². The van der Waals surface area contributed by atoms with Crippen molar-refractivity contribution >= 4 is 35.6 Å². The Morgan fingerprint density at radius 1 is 1.15 bits per heavy atom. The Labute approximate surface area is 173 Å². The fourth-order valence-electron chi connectivity index (χ4n) is 3.73. The molecule has 1 aromatic carbocycles. The molecule has 7 heteroatoms. The average Bonchev–Trinajstić information content (AvgIpc) is 3.06. The zero-order valence-corrected chi connectivity index (χ0v) is 17.9. The number of hydrogen-bond donors (Lipinski definition) is 3. The first-order valence-corrected chi connectivity index (χ1v) is 9.40. The molecule has 1 aromatic rings. The SMILES string of the molecule is CCNC(=NCC1(O)CCCC1)N1CCN(c2ccccc2O)CC1.I. The summed E-state index contributed by atoms with van der Waals surface area (Å²) in [6.07, 6.45) is 3.91. The van der Waals surface area contributed by atoms with Gasteiger partial charge in [0, 0.05) is 32.7 Å². The quantitative estimate of drug-likeness (QED) is 0.355. The topological polar surface area (TPSA) is 71.3 Å². The number of para-hydroxylation sites is 2. The van der Waals surface area contributed by atoms with Crippen LogP contribution in [0.25, 0.3) is 0 Å². The van der Waals surface area contributed by atoms with Crippen molar-refractivity contribution in [2.45, 2.75) is 38.2 Å². The van der Waals surface area contributed by atoms with Gasteiger partial charge in [0.15, 0.2) is 5.96 Å². The largest absolute Gasteiger partial charge is 0.506 e. The predicted octanol–water partition coefficient (Wildman–Crippen LogP) is 2.40. The molecule has 1 aliphatic carbocycles. The van der Waals surface area contributed by atoms with E-state index < -0.39 is 5.60 Å². The Kier molecular flexibility index (Phi) is 7.82. The summed E-state index contributed by atoms with van der Waals surface area (Å²) in [5.74, 6) is 1.22. The second kappa shape index (κ2) is 9.64. The molecule has 2 fully saturated rings. The highest BCUT2D eigenvalue weighted by atomic mass is 127. The molecule has 1 saturated heterocycles. The molecular formula is C19H31IN4O2. The molecule has 3 rings (SSSR count). The lowest BCUT2D eigenvalue weighted by atomic mass is 10.0. The van der Waals surface area contributed by atoms with E-state index in [1.54, 1.807) is 6.07 Å². The van der Waals surface area contributed by atoms with Crippen molar-refractivity contribution in [1.82, 2.24) is 10.2 Å². The zero-order chi connectivity index (χ0) is 17.7. The van der Waals surface area contributed by atoms with Crippen molar-refractivity contribution in [3.05, 3.63) is 24.3 Å². The Balaban J connectivity index is 0.00000243. The molecule has 0 unspecified atom stereocenters. The van der Waals surface area contributed by atoms with E-state index in [-0.39, 0.29) is 24.0 Å². The third-order valence-electron chi connectivity index (χ3n) is 5.19. The smallest absolute Gasteiger partial charge is 0.194 e. The van der Waals surface area contributed by atoms with Gasteiger partial charge in [-0.15, -0.1) is 24.0 Å². The second-order valence-electron chi connectivity index (χ2n) is 7.06. The highest BCUT2D eigenvalue weighted by Gasteiger charge is 2.31. The summed E-state index contributed by atoms with van der Waals surface area (Å²) in [7, 11) is 0. The van der Waals surface area contributed by atoms with Crippen molar-refractivity contribution in [2.75, 3.05) is 44.2 Å². The normalized spacial score (nSPS) is 20.0. The molecule has 2 aliphatic rings. The molecule has 0 aromatic heterocycles. The molecule has 0 radical (unpaired) electrons. The van der Waals surface area contributed by atoms with Crippen molar-refractivity contribution in [1.29, 1.82) is 0 Å². The van der Waals surface area contributed by atoms with Gasteiger partial charge >= 0.3 is 0 Å². The summed E-state index contributed by atoms with van der Waals surface area (Å²) in [5, 5.41) is 23.9. The number of rotatable bonds is 4. The minimum absolute atomic E-state index is 0. The number of anilines is 1. The third kappa shape index (κ3) is 5.16. The molecule has 0 spiro atoms. The van der Waals surface area contributed by atoms with Crippen LogP contribution < -0.4 is 10.2 Å². The molecule has 0 amide bonds. The van der Waals surface area contributed by atoms with Gasteiger partial charge < -0.3 is 25.3 Å². The fourth-order valence-corrected chi connectivity index (χ4v) is 3.73. The Morgan fingerprint density at radius 2 is 1.81 bits per heavy atom. The van der Waals surface area contributed by atoms with Gasteiger partial charge in [0.25, 0.3) is 0 Å². The minimum atomic E-state index is -0.613. The number of phenols is 1. The van der Waals surface area contributed by atoms with Crippen LogP contribution in [0.2, 0.25) is 0 Å². The predicted molar refractivity (Wildman–Crippen MR) is 117 cm³/mol. The van der Waals surface area contributed by atoms with Crippen LogP contribution in [0.15, 0.2) is 29.3 Å². The number of aromatic hydroxyl groups is 1. The molecular weight excluding hydrogens is 443 g/mol. The van der Waals surface area contributed by atoms with Gasteiger partial charge in [0.1, 0.15) is 5.75 Å². The van der Waals surface area contributed by atoms with Crippen LogP contribution >= 0.6 is 24.0 Å². The van der Waals surface area contributed by atoms with E-state index in [0.717, 1.165) is 70.1 Å². The molecule has 26 heavy (non-hydrogen) atoms. The number of aliphatic imine (C=N–C) groups is 1. The van der Waals surface area contributed by atoms with Gasteiger partial charge in [-0.3, -0.25) is 4.99 Å². The summed E-state index contributed by atoms with van der Waals surface area (Å²) < 4.78 is 0. The summed E-state index contributed by atoms with van der Waals surface area (Å²) >= 11 is 0. The number of nitrogens with zero attached hydrogens (tertiary/aromatic N) is 3. The lowest BCUT2D eigenvalue weighted by Gasteiger charge is -2.38. The van der Waals surface area contributed by atoms with Crippen LogP contribution in [0.1, 0.15) is 32.6 Å². The van der Waals surface area contributed by atoms with Crippen LogP contribution in [0.3, 0.4) is 0 Å². The maximum absolute atomic E-state index is 10.5. The lowest BCUT2D eigenvalue weighted by Crippen LogP contribution is -2.53. The number of hydrogen-bond acceptors (Lipinski definition) is 4. The van der Waals surface area contributed by atoms with E-state index in [1.165, 1.54) is 0 Å². The van der Waals surface area contributed by atoms with E-state index >= 15 is 0 Å². The van der Waals surface area contributed by atoms with E-state index in [9.17, 15) is 10.2 Å². The Morgan fingerprint density at radius 3 is 2.42 bits per heavy atom. The van der Waals surface area contributed by atoms with Gasteiger partial charge in [0.05, 0.1) is 17.8 Å². The summed E-state index contributed by atoms with van der Waals surface area (Å²) in [6, 6.07) is 7.49. The Bertz CT molecular complexity index is 597. The van der Waals surface area contributed by atoms with E-state index in [1.807, 2.05) is 18.2 Å². The highest BCUT2D eigenvalue weighted by molar-refractivity contribution is 14.0. The van der Waals surface area contributed by atoms with E-state index in [0.29, 0.717) is 12.3 Å². The lowest BCUT2D eigenvalue weighted by molar-refractivity contribution is 0.0571. The van der Waals surface area contributed by atoms with Crippen molar-refractivity contribution in [3.63, 3.8) is 0 Å². The summed E-state index contributed by atoms with van der Waals surface area (Å²) in [5.41, 5.74) is 0.280. The first kappa shape index (κ1) is 21.1. The van der Waals surface area contributed by atoms with Crippen LogP contribution in [-0.2, 0) is 0 Å². The molecule has 0 atom stereocenters. The first-order valence-electron chi connectivity index (χ1n) is 9.40. The fraction of sp³-hybridized carbons (Fsp3) is 0.632.